The van der Waals surface area contributed by atoms with Gasteiger partial charge in [0.1, 0.15) is 5.82 Å². The number of aryl methyl sites for hydroxylation is 1. The first kappa shape index (κ1) is 23.0. The summed E-state index contributed by atoms with van der Waals surface area (Å²) in [6.45, 7) is 10.2. The zero-order chi connectivity index (χ0) is 22.2. The van der Waals surface area contributed by atoms with Crippen molar-refractivity contribution >= 4 is 34.2 Å². The Morgan fingerprint density at radius 1 is 1.26 bits per heavy atom. The smallest absolute Gasteiger partial charge is 0.227 e. The normalized spacial score (nSPS) is 15.7. The minimum absolute atomic E-state index is 0.00740. The van der Waals surface area contributed by atoms with Crippen LogP contribution in [0.25, 0.3) is 0 Å². The molecule has 1 aromatic heterocycles. The summed E-state index contributed by atoms with van der Waals surface area (Å²) in [6, 6.07) is 7.96. The first-order chi connectivity index (χ1) is 15.0. The van der Waals surface area contributed by atoms with Crippen molar-refractivity contribution in [1.82, 2.24) is 19.6 Å². The molecule has 1 aliphatic heterocycles. The Bertz CT molecular complexity index is 889. The first-order valence-electron chi connectivity index (χ1n) is 11.0. The van der Waals surface area contributed by atoms with E-state index in [1.165, 1.54) is 11.5 Å². The van der Waals surface area contributed by atoms with Crippen LogP contribution in [0.5, 0.6) is 0 Å². The van der Waals surface area contributed by atoms with Gasteiger partial charge in [0.2, 0.25) is 11.0 Å². The van der Waals surface area contributed by atoms with Gasteiger partial charge in [-0.3, -0.25) is 9.79 Å². The highest BCUT2D eigenvalue weighted by molar-refractivity contribution is 7.09. The number of carbonyl (C=O) groups excluding carboxylic acids is 1. The third kappa shape index (κ3) is 6.16. The third-order valence-corrected chi connectivity index (χ3v) is 6.36. The molecule has 1 amide bonds. The molecule has 1 saturated heterocycles. The topological polar surface area (TPSA) is 85.8 Å². The number of amides is 1. The Labute approximate surface area is 188 Å². The fourth-order valence-electron chi connectivity index (χ4n) is 3.35. The Morgan fingerprint density at radius 2 is 2.03 bits per heavy atom. The molecule has 2 heterocycles. The predicted octanol–water partition coefficient (Wildman–Crippen LogP) is 2.98. The zero-order valence-electron chi connectivity index (χ0n) is 18.9. The summed E-state index contributed by atoms with van der Waals surface area (Å²) >= 11 is 1.48. The maximum absolute atomic E-state index is 12.2. The number of benzene rings is 1. The minimum Gasteiger partial charge on any atom is -0.352 e. The molecule has 1 aliphatic rings. The van der Waals surface area contributed by atoms with Gasteiger partial charge in [-0.1, -0.05) is 32.9 Å². The Kier molecular flexibility index (Phi) is 8.22. The summed E-state index contributed by atoms with van der Waals surface area (Å²) in [5.41, 5.74) is 1.93. The van der Waals surface area contributed by atoms with Crippen LogP contribution in [0.1, 0.15) is 38.6 Å². The largest absolute Gasteiger partial charge is 0.352 e. The quantitative estimate of drug-likeness (QED) is 0.505. The summed E-state index contributed by atoms with van der Waals surface area (Å²) < 4.78 is 4.40. The number of nitrogens with one attached hydrogen (secondary N) is 2. The number of rotatable bonds is 7. The van der Waals surface area contributed by atoms with Gasteiger partial charge in [-0.05, 0) is 24.1 Å². The second-order valence-electron chi connectivity index (χ2n) is 7.72. The van der Waals surface area contributed by atoms with Crippen LogP contribution in [0, 0.1) is 5.92 Å². The molecule has 168 valence electrons. The maximum atomic E-state index is 12.2. The molecule has 0 spiro atoms. The van der Waals surface area contributed by atoms with Crippen molar-refractivity contribution in [2.24, 2.45) is 10.9 Å². The number of piperazine rings is 1. The van der Waals surface area contributed by atoms with Gasteiger partial charge < -0.3 is 20.4 Å². The molecule has 0 radical (unpaired) electrons. The van der Waals surface area contributed by atoms with Crippen LogP contribution < -0.4 is 15.5 Å². The van der Waals surface area contributed by atoms with Crippen LogP contribution in [-0.2, 0) is 17.8 Å². The Balaban J connectivity index is 1.52. The molecule has 1 aromatic carbocycles. The lowest BCUT2D eigenvalue weighted by Gasteiger charge is -2.36. The molecule has 8 nitrogen and oxygen atoms in total. The molecule has 2 N–H and O–H groups in total. The molecule has 1 unspecified atom stereocenters. The summed E-state index contributed by atoms with van der Waals surface area (Å²) in [7, 11) is 1.82. The predicted molar refractivity (Wildman–Crippen MR) is 128 cm³/mol. The number of aliphatic imine (C=N–C) groups is 1. The average molecular weight is 444 g/mol. The number of guanidine groups is 1. The lowest BCUT2D eigenvalue weighted by atomic mass is 10.1. The third-order valence-electron chi connectivity index (χ3n) is 5.54. The molecule has 9 heteroatoms. The van der Waals surface area contributed by atoms with Crippen molar-refractivity contribution in [2.45, 2.75) is 40.2 Å². The lowest BCUT2D eigenvalue weighted by molar-refractivity contribution is -0.119. The van der Waals surface area contributed by atoms with Gasteiger partial charge in [0.05, 0.1) is 0 Å². The van der Waals surface area contributed by atoms with Crippen LogP contribution >= 0.6 is 11.5 Å². The minimum atomic E-state index is 0.00740. The van der Waals surface area contributed by atoms with Gasteiger partial charge in [-0.25, -0.2) is 4.98 Å². The number of nitrogens with zero attached hydrogens (tertiary/aromatic N) is 5. The van der Waals surface area contributed by atoms with Crippen LogP contribution in [-0.4, -0.2) is 59.4 Å². The van der Waals surface area contributed by atoms with Crippen LogP contribution in [0.4, 0.5) is 10.8 Å². The van der Waals surface area contributed by atoms with E-state index in [4.69, 9.17) is 0 Å². The van der Waals surface area contributed by atoms with E-state index in [2.05, 4.69) is 47.8 Å². The van der Waals surface area contributed by atoms with E-state index in [-0.39, 0.29) is 11.8 Å². The molecule has 1 atom stereocenters. The molecule has 31 heavy (non-hydrogen) atoms. The van der Waals surface area contributed by atoms with Crippen molar-refractivity contribution in [1.29, 1.82) is 0 Å². The van der Waals surface area contributed by atoms with Gasteiger partial charge in [0.25, 0.3) is 0 Å². The van der Waals surface area contributed by atoms with Gasteiger partial charge in [-0.15, -0.1) is 0 Å². The average Bonchev–Trinajstić information content (AvgIpc) is 3.29. The van der Waals surface area contributed by atoms with E-state index in [0.29, 0.717) is 6.54 Å². The second kappa shape index (κ2) is 11.1. The molecular formula is C22H33N7OS. The Morgan fingerprint density at radius 3 is 2.68 bits per heavy atom. The van der Waals surface area contributed by atoms with Crippen molar-refractivity contribution in [3.63, 3.8) is 0 Å². The molecule has 3 rings (SSSR count). The number of hydrogen-bond donors (Lipinski definition) is 2. The monoisotopic (exact) mass is 443 g/mol. The molecular weight excluding hydrogens is 410 g/mol. The zero-order valence-corrected chi connectivity index (χ0v) is 19.7. The van der Waals surface area contributed by atoms with E-state index >= 15 is 0 Å². The summed E-state index contributed by atoms with van der Waals surface area (Å²) in [5, 5.41) is 7.47. The number of anilines is 2. The van der Waals surface area contributed by atoms with E-state index in [1.54, 1.807) is 0 Å². The van der Waals surface area contributed by atoms with Gasteiger partial charge >= 0.3 is 0 Å². The van der Waals surface area contributed by atoms with Crippen LogP contribution in [0.3, 0.4) is 0 Å². The van der Waals surface area contributed by atoms with Crippen molar-refractivity contribution in [2.75, 3.05) is 43.4 Å². The van der Waals surface area contributed by atoms with Gasteiger partial charge in [0.15, 0.2) is 5.96 Å². The van der Waals surface area contributed by atoms with Crippen LogP contribution in [0.2, 0.25) is 0 Å². The highest BCUT2D eigenvalue weighted by Gasteiger charge is 2.22. The molecule has 0 bridgehead atoms. The van der Waals surface area contributed by atoms with Crippen molar-refractivity contribution in [3.05, 3.63) is 35.7 Å². The molecule has 0 aliphatic carbocycles. The van der Waals surface area contributed by atoms with Gasteiger partial charge in [0, 0.05) is 69.3 Å². The fourth-order valence-corrected chi connectivity index (χ4v) is 4.15. The van der Waals surface area contributed by atoms with Crippen molar-refractivity contribution < 1.29 is 4.79 Å². The van der Waals surface area contributed by atoms with Gasteiger partial charge in [-0.2, -0.15) is 4.37 Å². The second-order valence-corrected chi connectivity index (χ2v) is 8.45. The van der Waals surface area contributed by atoms with E-state index < -0.39 is 0 Å². The standard InChI is InChI=1S/C22H33N7OS/c1-5-16(3)20(30)25-18-9-7-8-17(14-18)15-24-21(23-4)28-10-12-29(13-11-28)22-26-19(6-2)27-31-22/h7-9,14,16H,5-6,10-13,15H2,1-4H3,(H,23,24)(H,25,30). The lowest BCUT2D eigenvalue weighted by Crippen LogP contribution is -2.52. The molecule has 0 saturated carbocycles. The SMILES string of the molecule is CCc1nsc(N2CCN(C(=NC)NCc3cccc(NC(=O)C(C)CC)c3)CC2)n1. The highest BCUT2D eigenvalue weighted by atomic mass is 32.1. The summed E-state index contributed by atoms with van der Waals surface area (Å²) in [5.74, 6) is 1.87. The highest BCUT2D eigenvalue weighted by Crippen LogP contribution is 2.19. The first-order valence-corrected chi connectivity index (χ1v) is 11.7. The fraction of sp³-hybridized carbons (Fsp3) is 0.545. The Hall–Kier alpha value is -2.68. The van der Waals surface area contributed by atoms with Crippen LogP contribution in [0.15, 0.2) is 29.3 Å². The van der Waals surface area contributed by atoms with E-state index in [1.807, 2.05) is 39.1 Å². The van der Waals surface area contributed by atoms with E-state index in [0.717, 1.165) is 67.2 Å². The van der Waals surface area contributed by atoms with E-state index in [9.17, 15) is 4.79 Å². The molecule has 2 aromatic rings. The summed E-state index contributed by atoms with van der Waals surface area (Å²) in [4.78, 5) is 25.8. The number of aromatic nitrogens is 2. The number of hydrogen-bond acceptors (Lipinski definition) is 6. The van der Waals surface area contributed by atoms with Crippen molar-refractivity contribution in [3.8, 4) is 0 Å². The summed E-state index contributed by atoms with van der Waals surface area (Å²) in [6.07, 6.45) is 1.70. The maximum Gasteiger partial charge on any atom is 0.227 e. The molecule has 1 fully saturated rings. The number of carbonyl (C=O) groups is 1.